The molecule has 5 heteroatoms. The van der Waals surface area contributed by atoms with Crippen molar-refractivity contribution in [2.24, 2.45) is 0 Å². The second kappa shape index (κ2) is 12.6. The van der Waals surface area contributed by atoms with Gasteiger partial charge in [0.1, 0.15) is 12.4 Å². The fraction of sp³-hybridized carbons (Fsp3) is 0.250. The molecule has 0 aliphatic rings. The highest BCUT2D eigenvalue weighted by molar-refractivity contribution is 5.32. The molecular formula is C32H32F3NO. The van der Waals surface area contributed by atoms with Gasteiger partial charge in [-0.25, -0.2) is 0 Å². The molecular weight excluding hydrogens is 471 g/mol. The molecule has 0 spiro atoms. The molecule has 4 rings (SSSR count). The van der Waals surface area contributed by atoms with Crippen LogP contribution in [0.25, 0.3) is 0 Å². The number of hydrogen-bond acceptors (Lipinski definition) is 2. The van der Waals surface area contributed by atoms with Gasteiger partial charge in [-0.15, -0.1) is 0 Å². The van der Waals surface area contributed by atoms with Crippen LogP contribution in [0.3, 0.4) is 0 Å². The van der Waals surface area contributed by atoms with Gasteiger partial charge in [-0.2, -0.15) is 13.2 Å². The molecule has 0 fully saturated rings. The number of hydrogen-bond donors (Lipinski definition) is 1. The van der Waals surface area contributed by atoms with Crippen molar-refractivity contribution in [2.75, 3.05) is 6.54 Å². The Labute approximate surface area is 217 Å². The van der Waals surface area contributed by atoms with Crippen LogP contribution in [0.5, 0.6) is 5.75 Å². The quantitative estimate of drug-likeness (QED) is 0.224. The summed E-state index contributed by atoms with van der Waals surface area (Å²) in [7, 11) is 0. The van der Waals surface area contributed by atoms with E-state index in [9.17, 15) is 13.2 Å². The Balaban J connectivity index is 1.25. The summed E-state index contributed by atoms with van der Waals surface area (Å²) in [6, 6.07) is 34.5. The topological polar surface area (TPSA) is 21.3 Å². The summed E-state index contributed by atoms with van der Waals surface area (Å²) in [6.07, 6.45) is -2.43. The van der Waals surface area contributed by atoms with Crippen molar-refractivity contribution >= 4 is 0 Å². The van der Waals surface area contributed by atoms with Crippen molar-refractivity contribution < 1.29 is 17.9 Å². The number of alkyl halides is 3. The van der Waals surface area contributed by atoms with Crippen LogP contribution in [-0.2, 0) is 19.2 Å². The Morgan fingerprint density at radius 1 is 0.703 bits per heavy atom. The molecule has 0 amide bonds. The first-order valence-electron chi connectivity index (χ1n) is 12.6. The molecule has 1 N–H and O–H groups in total. The van der Waals surface area contributed by atoms with Gasteiger partial charge in [0.15, 0.2) is 0 Å². The summed E-state index contributed by atoms with van der Waals surface area (Å²) in [5.41, 5.74) is 3.90. The number of ether oxygens (including phenoxy) is 1. The first kappa shape index (κ1) is 26.5. The van der Waals surface area contributed by atoms with Crippen LogP contribution in [0.4, 0.5) is 13.2 Å². The maximum atomic E-state index is 12.7. The maximum absolute atomic E-state index is 12.7. The Hall–Kier alpha value is -3.57. The number of halogens is 3. The van der Waals surface area contributed by atoms with E-state index in [0.717, 1.165) is 31.5 Å². The largest absolute Gasteiger partial charge is 0.489 e. The van der Waals surface area contributed by atoms with Crippen molar-refractivity contribution in [1.29, 1.82) is 0 Å². The van der Waals surface area contributed by atoms with Crippen LogP contribution in [0.1, 0.15) is 47.1 Å². The van der Waals surface area contributed by atoms with Crippen LogP contribution in [0.15, 0.2) is 109 Å². The molecule has 2 nitrogen and oxygen atoms in total. The number of benzene rings is 4. The van der Waals surface area contributed by atoms with Crippen molar-refractivity contribution in [1.82, 2.24) is 5.32 Å². The lowest BCUT2D eigenvalue weighted by Crippen LogP contribution is -2.30. The van der Waals surface area contributed by atoms with E-state index in [1.54, 1.807) is 0 Å². The summed E-state index contributed by atoms with van der Waals surface area (Å²) >= 11 is 0. The van der Waals surface area contributed by atoms with Gasteiger partial charge in [0.25, 0.3) is 0 Å². The van der Waals surface area contributed by atoms with E-state index in [4.69, 9.17) is 4.74 Å². The van der Waals surface area contributed by atoms with Crippen LogP contribution in [-0.4, -0.2) is 12.6 Å². The van der Waals surface area contributed by atoms with Gasteiger partial charge in [0, 0.05) is 12.0 Å². The molecule has 0 aliphatic heterocycles. The van der Waals surface area contributed by atoms with Crippen LogP contribution >= 0.6 is 0 Å². The van der Waals surface area contributed by atoms with Crippen molar-refractivity contribution in [3.63, 3.8) is 0 Å². The molecule has 1 atom stereocenters. The monoisotopic (exact) mass is 503 g/mol. The molecule has 37 heavy (non-hydrogen) atoms. The third kappa shape index (κ3) is 7.96. The van der Waals surface area contributed by atoms with Gasteiger partial charge in [-0.1, -0.05) is 84.9 Å². The first-order chi connectivity index (χ1) is 17.9. The first-order valence-corrected chi connectivity index (χ1v) is 12.6. The van der Waals surface area contributed by atoms with E-state index < -0.39 is 11.7 Å². The zero-order chi connectivity index (χ0) is 26.1. The molecule has 0 saturated carbocycles. The Morgan fingerprint density at radius 2 is 1.24 bits per heavy atom. The average molecular weight is 504 g/mol. The Bertz CT molecular complexity index is 1170. The molecule has 1 unspecified atom stereocenters. The van der Waals surface area contributed by atoms with E-state index in [-0.39, 0.29) is 6.61 Å². The molecule has 0 aromatic heterocycles. The predicted molar refractivity (Wildman–Crippen MR) is 143 cm³/mol. The van der Waals surface area contributed by atoms with E-state index in [2.05, 4.69) is 72.9 Å². The summed E-state index contributed by atoms with van der Waals surface area (Å²) < 4.78 is 43.9. The third-order valence-electron chi connectivity index (χ3n) is 6.48. The van der Waals surface area contributed by atoms with Crippen molar-refractivity contribution in [3.05, 3.63) is 137 Å². The lowest BCUT2D eigenvalue weighted by molar-refractivity contribution is -0.137. The highest BCUT2D eigenvalue weighted by atomic mass is 19.4. The van der Waals surface area contributed by atoms with Crippen LogP contribution in [0.2, 0.25) is 0 Å². The molecule has 192 valence electrons. The zero-order valence-corrected chi connectivity index (χ0v) is 20.9. The van der Waals surface area contributed by atoms with Gasteiger partial charge in [0.2, 0.25) is 0 Å². The second-order valence-electron chi connectivity index (χ2n) is 9.35. The highest BCUT2D eigenvalue weighted by Crippen LogP contribution is 2.29. The Kier molecular flexibility index (Phi) is 9.02. The number of nitrogens with one attached hydrogen (secondary N) is 1. The van der Waals surface area contributed by atoms with E-state index in [1.807, 2.05) is 24.3 Å². The smallest absolute Gasteiger partial charge is 0.416 e. The fourth-order valence-corrected chi connectivity index (χ4v) is 4.47. The van der Waals surface area contributed by atoms with Gasteiger partial charge in [0.05, 0.1) is 5.56 Å². The van der Waals surface area contributed by atoms with Gasteiger partial charge < -0.3 is 10.1 Å². The molecule has 4 aromatic carbocycles. The lowest BCUT2D eigenvalue weighted by atomic mass is 9.88. The highest BCUT2D eigenvalue weighted by Gasteiger charge is 2.29. The minimum absolute atomic E-state index is 0.222. The minimum Gasteiger partial charge on any atom is -0.489 e. The molecule has 0 aliphatic carbocycles. The van der Waals surface area contributed by atoms with Crippen LogP contribution < -0.4 is 10.1 Å². The maximum Gasteiger partial charge on any atom is 0.416 e. The summed E-state index contributed by atoms with van der Waals surface area (Å²) in [5, 5.41) is 3.67. The summed E-state index contributed by atoms with van der Waals surface area (Å²) in [5.74, 6) is 1.04. The third-order valence-corrected chi connectivity index (χ3v) is 6.48. The van der Waals surface area contributed by atoms with Crippen LogP contribution in [0, 0.1) is 0 Å². The standard InChI is InChI=1S/C32H32F3NO/c1-24(36-21-20-31(27-8-4-2-5-9-27)28-10-6-3-7-11-28)22-25-14-18-30(19-15-25)37-23-26-12-16-29(17-13-26)32(33,34)35/h2-19,24,31,36H,20-23H2,1H3. The summed E-state index contributed by atoms with van der Waals surface area (Å²) in [4.78, 5) is 0. The molecule has 4 aromatic rings. The SMILES string of the molecule is CC(Cc1ccc(OCc2ccc(C(F)(F)F)cc2)cc1)NCCC(c1ccccc1)c1ccccc1. The second-order valence-corrected chi connectivity index (χ2v) is 9.35. The molecule has 0 radical (unpaired) electrons. The van der Waals surface area contributed by atoms with Gasteiger partial charge >= 0.3 is 6.18 Å². The van der Waals surface area contributed by atoms with Gasteiger partial charge in [-0.3, -0.25) is 0 Å². The van der Waals surface area contributed by atoms with Gasteiger partial charge in [-0.05, 0) is 72.8 Å². The Morgan fingerprint density at radius 3 is 1.78 bits per heavy atom. The average Bonchev–Trinajstić information content (AvgIpc) is 2.91. The normalized spacial score (nSPS) is 12.5. The fourth-order valence-electron chi connectivity index (χ4n) is 4.47. The molecule has 0 heterocycles. The predicted octanol–water partition coefficient (Wildman–Crippen LogP) is 8.03. The van der Waals surface area contributed by atoms with E-state index >= 15 is 0 Å². The lowest BCUT2D eigenvalue weighted by Gasteiger charge is -2.20. The van der Waals surface area contributed by atoms with Crippen molar-refractivity contribution in [2.45, 2.75) is 44.5 Å². The molecule has 0 saturated heterocycles. The summed E-state index contributed by atoms with van der Waals surface area (Å²) in [6.45, 7) is 3.32. The van der Waals surface area contributed by atoms with E-state index in [1.165, 1.54) is 28.8 Å². The number of rotatable bonds is 11. The van der Waals surface area contributed by atoms with Crippen molar-refractivity contribution in [3.8, 4) is 5.75 Å². The molecule has 0 bridgehead atoms. The zero-order valence-electron chi connectivity index (χ0n) is 20.9. The van der Waals surface area contributed by atoms with E-state index in [0.29, 0.717) is 23.3 Å². The minimum atomic E-state index is -4.33.